The van der Waals surface area contributed by atoms with Crippen LogP contribution in [0.5, 0.6) is 0 Å². The van der Waals surface area contributed by atoms with Crippen LogP contribution in [0.15, 0.2) is 6.07 Å². The average Bonchev–Trinajstić information content (AvgIpc) is 2.37. The normalized spacial score (nSPS) is 16.7. The van der Waals surface area contributed by atoms with Crippen LogP contribution in [-0.4, -0.2) is 53.7 Å². The van der Waals surface area contributed by atoms with E-state index in [0.29, 0.717) is 11.4 Å². The maximum atomic E-state index is 11.4. The summed E-state index contributed by atoms with van der Waals surface area (Å²) in [6.07, 6.45) is 0. The van der Waals surface area contributed by atoms with Gasteiger partial charge in [0.15, 0.2) is 0 Å². The third kappa shape index (κ3) is 2.87. The first kappa shape index (κ1) is 13.8. The molecule has 1 aromatic rings. The molecule has 0 aromatic carbocycles. The van der Waals surface area contributed by atoms with Crippen LogP contribution in [0.25, 0.3) is 0 Å². The molecule has 1 fully saturated rings. The lowest BCUT2D eigenvalue weighted by molar-refractivity contribution is 0.0696. The van der Waals surface area contributed by atoms with Crippen molar-refractivity contribution in [2.24, 2.45) is 0 Å². The minimum atomic E-state index is -0.891. The van der Waals surface area contributed by atoms with Crippen molar-refractivity contribution < 1.29 is 9.90 Å². The van der Waals surface area contributed by atoms with Gasteiger partial charge in [0.05, 0.1) is 0 Å². The van der Waals surface area contributed by atoms with E-state index in [9.17, 15) is 9.90 Å². The maximum absolute atomic E-state index is 11.4. The Hall–Kier alpha value is -1.62. The van der Waals surface area contributed by atoms with E-state index in [1.165, 1.54) is 0 Å². The SMILES string of the molecule is CCN1CCN(c2nc(C)cc(C)c2C(=O)O)CC1. The molecular weight excluding hydrogens is 242 g/mol. The van der Waals surface area contributed by atoms with Crippen LogP contribution in [0.4, 0.5) is 5.82 Å². The van der Waals surface area contributed by atoms with Crippen molar-refractivity contribution in [3.63, 3.8) is 0 Å². The van der Waals surface area contributed by atoms with E-state index in [4.69, 9.17) is 0 Å². The fourth-order valence-corrected chi connectivity index (χ4v) is 2.59. The highest BCUT2D eigenvalue weighted by atomic mass is 16.4. The molecule has 5 nitrogen and oxygen atoms in total. The van der Waals surface area contributed by atoms with Crippen molar-refractivity contribution in [1.29, 1.82) is 0 Å². The second-order valence-electron chi connectivity index (χ2n) is 5.01. The molecule has 5 heteroatoms. The molecule has 0 bridgehead atoms. The zero-order chi connectivity index (χ0) is 14.0. The molecule has 2 heterocycles. The molecule has 1 N–H and O–H groups in total. The molecule has 19 heavy (non-hydrogen) atoms. The summed E-state index contributed by atoms with van der Waals surface area (Å²) in [7, 11) is 0. The van der Waals surface area contributed by atoms with E-state index in [-0.39, 0.29) is 0 Å². The summed E-state index contributed by atoms with van der Waals surface area (Å²) >= 11 is 0. The minimum absolute atomic E-state index is 0.343. The molecule has 2 rings (SSSR count). The summed E-state index contributed by atoms with van der Waals surface area (Å²) in [5.74, 6) is -0.265. The Labute approximate surface area is 113 Å². The van der Waals surface area contributed by atoms with Gasteiger partial charge < -0.3 is 14.9 Å². The number of nitrogens with zero attached hydrogens (tertiary/aromatic N) is 3. The fraction of sp³-hybridized carbons (Fsp3) is 0.571. The quantitative estimate of drug-likeness (QED) is 0.896. The first-order chi connectivity index (χ1) is 9.02. The lowest BCUT2D eigenvalue weighted by atomic mass is 10.1. The van der Waals surface area contributed by atoms with Gasteiger partial charge in [-0.15, -0.1) is 0 Å². The van der Waals surface area contributed by atoms with E-state index >= 15 is 0 Å². The summed E-state index contributed by atoms with van der Waals surface area (Å²) in [5.41, 5.74) is 2.00. The highest BCUT2D eigenvalue weighted by molar-refractivity contribution is 5.95. The third-order valence-corrected chi connectivity index (χ3v) is 3.66. The van der Waals surface area contributed by atoms with E-state index in [2.05, 4.69) is 21.7 Å². The zero-order valence-electron chi connectivity index (χ0n) is 11.8. The number of hydrogen-bond acceptors (Lipinski definition) is 4. The third-order valence-electron chi connectivity index (χ3n) is 3.66. The molecule has 0 saturated carbocycles. The van der Waals surface area contributed by atoms with Crippen LogP contribution >= 0.6 is 0 Å². The summed E-state index contributed by atoms with van der Waals surface area (Å²) < 4.78 is 0. The van der Waals surface area contributed by atoms with Crippen LogP contribution in [0.2, 0.25) is 0 Å². The van der Waals surface area contributed by atoms with Crippen molar-refractivity contribution in [3.05, 3.63) is 22.9 Å². The molecule has 0 atom stereocenters. The highest BCUT2D eigenvalue weighted by Crippen LogP contribution is 2.23. The van der Waals surface area contributed by atoms with Crippen molar-refractivity contribution in [1.82, 2.24) is 9.88 Å². The van der Waals surface area contributed by atoms with E-state index in [0.717, 1.165) is 44.0 Å². The van der Waals surface area contributed by atoms with Gasteiger partial charge in [-0.3, -0.25) is 0 Å². The lowest BCUT2D eigenvalue weighted by Crippen LogP contribution is -2.47. The number of piperazine rings is 1. The number of aromatic nitrogens is 1. The van der Waals surface area contributed by atoms with E-state index in [1.807, 2.05) is 19.9 Å². The van der Waals surface area contributed by atoms with Gasteiger partial charge >= 0.3 is 5.97 Å². The smallest absolute Gasteiger partial charge is 0.339 e. The van der Waals surface area contributed by atoms with Gasteiger partial charge in [0, 0.05) is 31.9 Å². The maximum Gasteiger partial charge on any atom is 0.339 e. The number of anilines is 1. The molecule has 1 aliphatic rings. The van der Waals surface area contributed by atoms with Crippen molar-refractivity contribution >= 4 is 11.8 Å². The molecule has 1 saturated heterocycles. The molecule has 0 radical (unpaired) electrons. The lowest BCUT2D eigenvalue weighted by Gasteiger charge is -2.35. The second-order valence-corrected chi connectivity index (χ2v) is 5.01. The molecule has 0 spiro atoms. The second kappa shape index (κ2) is 5.57. The standard InChI is InChI=1S/C14H21N3O2/c1-4-16-5-7-17(8-6-16)13-12(14(18)19)10(2)9-11(3)15-13/h9H,4-8H2,1-3H3,(H,18,19). The van der Waals surface area contributed by atoms with Gasteiger partial charge in [0.1, 0.15) is 11.4 Å². The Morgan fingerprint density at radius 1 is 1.32 bits per heavy atom. The Balaban J connectivity index is 2.31. The molecular formula is C14H21N3O2. The summed E-state index contributed by atoms with van der Waals surface area (Å²) in [5, 5.41) is 9.39. The summed E-state index contributed by atoms with van der Waals surface area (Å²) in [6.45, 7) is 10.5. The Bertz CT molecular complexity index is 480. The van der Waals surface area contributed by atoms with Gasteiger partial charge in [-0.2, -0.15) is 0 Å². The van der Waals surface area contributed by atoms with Crippen LogP contribution < -0.4 is 4.90 Å². The van der Waals surface area contributed by atoms with Crippen molar-refractivity contribution in [2.75, 3.05) is 37.6 Å². The molecule has 0 unspecified atom stereocenters. The molecule has 1 aromatic heterocycles. The number of carbonyl (C=O) groups is 1. The Kier molecular flexibility index (Phi) is 4.04. The topological polar surface area (TPSA) is 56.7 Å². The minimum Gasteiger partial charge on any atom is -0.478 e. The highest BCUT2D eigenvalue weighted by Gasteiger charge is 2.23. The van der Waals surface area contributed by atoms with Crippen molar-refractivity contribution in [2.45, 2.75) is 20.8 Å². The van der Waals surface area contributed by atoms with Crippen LogP contribution in [0.3, 0.4) is 0 Å². The summed E-state index contributed by atoms with van der Waals surface area (Å²) in [6, 6.07) is 1.83. The van der Waals surface area contributed by atoms with Gasteiger partial charge in [-0.25, -0.2) is 9.78 Å². The number of carboxylic acids is 1. The number of likely N-dealkylation sites (N-methyl/N-ethyl adjacent to an activating group) is 1. The molecule has 0 amide bonds. The van der Waals surface area contributed by atoms with Crippen LogP contribution in [0, 0.1) is 13.8 Å². The summed E-state index contributed by atoms with van der Waals surface area (Å²) in [4.78, 5) is 20.3. The Morgan fingerprint density at radius 2 is 1.95 bits per heavy atom. The van der Waals surface area contributed by atoms with Gasteiger partial charge in [-0.05, 0) is 32.0 Å². The van der Waals surface area contributed by atoms with Gasteiger partial charge in [0.2, 0.25) is 0 Å². The largest absolute Gasteiger partial charge is 0.478 e. The first-order valence-corrected chi connectivity index (χ1v) is 6.71. The molecule has 0 aliphatic carbocycles. The monoisotopic (exact) mass is 263 g/mol. The number of rotatable bonds is 3. The Morgan fingerprint density at radius 3 is 2.47 bits per heavy atom. The number of carboxylic acid groups (broad SMARTS) is 1. The molecule has 104 valence electrons. The van der Waals surface area contributed by atoms with E-state index in [1.54, 1.807) is 0 Å². The predicted molar refractivity (Wildman–Crippen MR) is 75.0 cm³/mol. The fourth-order valence-electron chi connectivity index (χ4n) is 2.59. The first-order valence-electron chi connectivity index (χ1n) is 6.71. The van der Waals surface area contributed by atoms with Crippen LogP contribution in [-0.2, 0) is 0 Å². The zero-order valence-corrected chi connectivity index (χ0v) is 11.8. The van der Waals surface area contributed by atoms with Gasteiger partial charge in [-0.1, -0.05) is 6.92 Å². The number of hydrogen-bond donors (Lipinski definition) is 1. The van der Waals surface area contributed by atoms with E-state index < -0.39 is 5.97 Å². The number of aromatic carboxylic acids is 1. The van der Waals surface area contributed by atoms with Gasteiger partial charge in [0.25, 0.3) is 0 Å². The number of pyridine rings is 1. The molecule has 1 aliphatic heterocycles. The predicted octanol–water partition coefficient (Wildman–Crippen LogP) is 1.54. The average molecular weight is 263 g/mol. The number of aryl methyl sites for hydroxylation is 2. The van der Waals surface area contributed by atoms with Crippen LogP contribution in [0.1, 0.15) is 28.5 Å². The van der Waals surface area contributed by atoms with Crippen molar-refractivity contribution in [3.8, 4) is 0 Å².